The third kappa shape index (κ3) is 5.10. The average Bonchev–Trinajstić information content (AvgIpc) is 3.29. The number of nitrogens with zero attached hydrogens (tertiary/aromatic N) is 2. The lowest BCUT2D eigenvalue weighted by molar-refractivity contribution is -0.120. The molecule has 0 saturated heterocycles. The summed E-state index contributed by atoms with van der Waals surface area (Å²) in [5, 5.41) is 14.0. The zero-order valence-corrected chi connectivity index (χ0v) is 16.6. The van der Waals surface area contributed by atoms with Crippen LogP contribution < -0.4 is 20.1 Å². The quantitative estimate of drug-likeness (QED) is 0.510. The minimum absolute atomic E-state index is 0.0301. The van der Waals surface area contributed by atoms with Crippen LogP contribution in [0, 0.1) is 5.92 Å². The summed E-state index contributed by atoms with van der Waals surface area (Å²) < 4.78 is 11.1. The van der Waals surface area contributed by atoms with E-state index in [1.54, 1.807) is 18.2 Å². The van der Waals surface area contributed by atoms with Crippen LogP contribution in [0.5, 0.6) is 11.5 Å². The molecule has 144 valence electrons. The molecule has 10 heteroatoms. The molecule has 2 N–H and O–H groups in total. The van der Waals surface area contributed by atoms with E-state index in [0.29, 0.717) is 26.7 Å². The second kappa shape index (κ2) is 9.05. The number of anilines is 2. The molecular formula is C17H20N4O4S2. The summed E-state index contributed by atoms with van der Waals surface area (Å²) in [6, 6.07) is 5.23. The van der Waals surface area contributed by atoms with E-state index in [9.17, 15) is 9.59 Å². The van der Waals surface area contributed by atoms with E-state index in [0.717, 1.165) is 12.8 Å². The molecule has 0 bridgehead atoms. The van der Waals surface area contributed by atoms with Gasteiger partial charge in [0.1, 0.15) is 0 Å². The third-order valence-corrected chi connectivity index (χ3v) is 5.95. The fourth-order valence-electron chi connectivity index (χ4n) is 2.48. The van der Waals surface area contributed by atoms with Crippen molar-refractivity contribution in [1.82, 2.24) is 10.2 Å². The number of carbonyl (C=O) groups excluding carboxylic acids is 2. The molecule has 1 aliphatic rings. The van der Waals surface area contributed by atoms with Gasteiger partial charge in [-0.3, -0.25) is 9.59 Å². The van der Waals surface area contributed by atoms with Crippen molar-refractivity contribution in [2.45, 2.75) is 31.0 Å². The highest BCUT2D eigenvalue weighted by Gasteiger charge is 2.17. The van der Waals surface area contributed by atoms with Crippen molar-refractivity contribution >= 4 is 45.7 Å². The Morgan fingerprint density at radius 2 is 1.96 bits per heavy atom. The van der Waals surface area contributed by atoms with Crippen LogP contribution in [0.3, 0.4) is 0 Å². The van der Waals surface area contributed by atoms with Gasteiger partial charge in [0, 0.05) is 17.7 Å². The first-order valence-electron chi connectivity index (χ1n) is 8.55. The van der Waals surface area contributed by atoms with Crippen LogP contribution in [-0.2, 0) is 9.59 Å². The highest BCUT2D eigenvalue weighted by molar-refractivity contribution is 8.01. The molecule has 2 heterocycles. The topological polar surface area (TPSA) is 102 Å². The molecule has 0 radical (unpaired) electrons. The number of fused-ring (bicyclic) bond motifs is 1. The summed E-state index contributed by atoms with van der Waals surface area (Å²) in [4.78, 5) is 24.2. The predicted molar refractivity (Wildman–Crippen MR) is 105 cm³/mol. The fourth-order valence-corrected chi connectivity index (χ4v) is 4.04. The van der Waals surface area contributed by atoms with E-state index in [4.69, 9.17) is 9.47 Å². The number of benzene rings is 1. The lowest BCUT2D eigenvalue weighted by atomic mass is 10.0. The maximum atomic E-state index is 12.1. The monoisotopic (exact) mass is 408 g/mol. The smallest absolute Gasteiger partial charge is 0.234 e. The van der Waals surface area contributed by atoms with Gasteiger partial charge in [0.2, 0.25) is 23.7 Å². The molecule has 1 aliphatic heterocycles. The molecule has 8 nitrogen and oxygen atoms in total. The Bertz CT molecular complexity index is 823. The number of thioether (sulfide) groups is 1. The minimum atomic E-state index is -0.170. The number of rotatable bonds is 8. The van der Waals surface area contributed by atoms with Gasteiger partial charge in [0.05, 0.1) is 5.75 Å². The van der Waals surface area contributed by atoms with Crippen LogP contribution in [0.15, 0.2) is 22.5 Å². The van der Waals surface area contributed by atoms with E-state index < -0.39 is 0 Å². The molecule has 3 rings (SSSR count). The summed E-state index contributed by atoms with van der Waals surface area (Å²) in [7, 11) is 0. The third-order valence-electron chi connectivity index (χ3n) is 3.98. The molecule has 0 saturated carbocycles. The number of carbonyl (C=O) groups is 2. The van der Waals surface area contributed by atoms with Gasteiger partial charge >= 0.3 is 0 Å². The highest BCUT2D eigenvalue weighted by Crippen LogP contribution is 2.34. The van der Waals surface area contributed by atoms with Crippen molar-refractivity contribution in [1.29, 1.82) is 0 Å². The Morgan fingerprint density at radius 1 is 1.19 bits per heavy atom. The van der Waals surface area contributed by atoms with Gasteiger partial charge in [-0.1, -0.05) is 36.9 Å². The number of nitrogens with one attached hydrogen (secondary N) is 2. The number of aromatic nitrogens is 2. The number of hydrogen-bond donors (Lipinski definition) is 2. The van der Waals surface area contributed by atoms with Gasteiger partial charge in [-0.2, -0.15) is 0 Å². The molecule has 2 aromatic rings. The van der Waals surface area contributed by atoms with Crippen molar-refractivity contribution in [3.63, 3.8) is 0 Å². The van der Waals surface area contributed by atoms with E-state index in [-0.39, 0.29) is 30.3 Å². The van der Waals surface area contributed by atoms with Gasteiger partial charge in [-0.05, 0) is 25.0 Å². The van der Waals surface area contributed by atoms with E-state index >= 15 is 0 Å². The summed E-state index contributed by atoms with van der Waals surface area (Å²) in [6.45, 7) is 4.15. The van der Waals surface area contributed by atoms with Crippen LogP contribution in [0.2, 0.25) is 0 Å². The Balaban J connectivity index is 1.48. The fraction of sp³-hybridized carbons (Fsp3) is 0.412. The number of amides is 2. The second-order valence-electron chi connectivity index (χ2n) is 5.78. The standard InChI is InChI=1S/C17H20N4O4S2/c1-3-10(4-2)15(23)19-16-20-21-17(27-16)26-8-14(22)18-11-5-6-12-13(7-11)25-9-24-12/h5-7,10H,3-4,8-9H2,1-2H3,(H,18,22)(H,19,20,23). The second-order valence-corrected chi connectivity index (χ2v) is 7.98. The highest BCUT2D eigenvalue weighted by atomic mass is 32.2. The van der Waals surface area contributed by atoms with Crippen molar-refractivity contribution in [3.05, 3.63) is 18.2 Å². The normalized spacial score (nSPS) is 12.3. The van der Waals surface area contributed by atoms with Gasteiger partial charge in [-0.25, -0.2) is 0 Å². The van der Waals surface area contributed by atoms with Crippen LogP contribution in [0.4, 0.5) is 10.8 Å². The Labute approximate surface area is 165 Å². The van der Waals surface area contributed by atoms with Crippen LogP contribution in [0.1, 0.15) is 26.7 Å². The van der Waals surface area contributed by atoms with Gasteiger partial charge in [-0.15, -0.1) is 10.2 Å². The first kappa shape index (κ1) is 19.4. The zero-order chi connectivity index (χ0) is 19.2. The number of hydrogen-bond acceptors (Lipinski definition) is 8. The summed E-state index contributed by atoms with van der Waals surface area (Å²) in [5.74, 6) is 1.22. The van der Waals surface area contributed by atoms with E-state index in [2.05, 4.69) is 20.8 Å². The number of ether oxygens (including phenoxy) is 2. The Morgan fingerprint density at radius 3 is 2.74 bits per heavy atom. The van der Waals surface area contributed by atoms with Crippen LogP contribution in [0.25, 0.3) is 0 Å². The maximum absolute atomic E-state index is 12.1. The summed E-state index contributed by atoms with van der Waals surface area (Å²) in [6.07, 6.45) is 1.56. The first-order chi connectivity index (χ1) is 13.1. The van der Waals surface area contributed by atoms with Gasteiger partial charge < -0.3 is 20.1 Å². The summed E-state index contributed by atoms with van der Waals surface area (Å²) in [5.41, 5.74) is 0.639. The molecule has 0 spiro atoms. The summed E-state index contributed by atoms with van der Waals surface area (Å²) >= 11 is 2.52. The lowest BCUT2D eigenvalue weighted by Gasteiger charge is -2.09. The Kier molecular flexibility index (Phi) is 6.51. The van der Waals surface area contributed by atoms with Crippen LogP contribution >= 0.6 is 23.1 Å². The molecule has 0 atom stereocenters. The molecular weight excluding hydrogens is 388 g/mol. The minimum Gasteiger partial charge on any atom is -0.454 e. The molecule has 1 aromatic carbocycles. The van der Waals surface area contributed by atoms with Crippen molar-refractivity contribution in [3.8, 4) is 11.5 Å². The van der Waals surface area contributed by atoms with Crippen molar-refractivity contribution in [2.75, 3.05) is 23.2 Å². The van der Waals surface area contributed by atoms with Gasteiger partial charge in [0.25, 0.3) is 0 Å². The maximum Gasteiger partial charge on any atom is 0.234 e. The zero-order valence-electron chi connectivity index (χ0n) is 15.0. The molecule has 2 amide bonds. The largest absolute Gasteiger partial charge is 0.454 e. The average molecular weight is 409 g/mol. The van der Waals surface area contributed by atoms with E-state index in [1.807, 2.05) is 13.8 Å². The first-order valence-corrected chi connectivity index (χ1v) is 10.4. The molecule has 1 aromatic heterocycles. The Hall–Kier alpha value is -2.33. The predicted octanol–water partition coefficient (Wildman–Crippen LogP) is 3.37. The lowest BCUT2D eigenvalue weighted by Crippen LogP contribution is -2.21. The molecule has 27 heavy (non-hydrogen) atoms. The van der Waals surface area contributed by atoms with Crippen molar-refractivity contribution < 1.29 is 19.1 Å². The van der Waals surface area contributed by atoms with Gasteiger partial charge in [0.15, 0.2) is 15.8 Å². The van der Waals surface area contributed by atoms with E-state index in [1.165, 1.54) is 23.1 Å². The SMILES string of the molecule is CCC(CC)C(=O)Nc1nnc(SCC(=O)Nc2ccc3c(c2)OCO3)s1. The molecule has 0 unspecified atom stereocenters. The van der Waals surface area contributed by atoms with Crippen molar-refractivity contribution in [2.24, 2.45) is 5.92 Å². The van der Waals surface area contributed by atoms with Crippen LogP contribution in [-0.4, -0.2) is 34.6 Å². The molecule has 0 fully saturated rings. The molecule has 0 aliphatic carbocycles.